The molecule has 0 bridgehead atoms. The Labute approximate surface area is 93.9 Å². The summed E-state index contributed by atoms with van der Waals surface area (Å²) in [7, 11) is 1.63. The van der Waals surface area contributed by atoms with Crippen LogP contribution >= 0.6 is 0 Å². The maximum atomic E-state index is 11.2. The highest BCUT2D eigenvalue weighted by Gasteiger charge is 2.17. The van der Waals surface area contributed by atoms with Crippen molar-refractivity contribution in [3.8, 4) is 0 Å². The summed E-state index contributed by atoms with van der Waals surface area (Å²) in [4.78, 5) is 11.2. The third-order valence-corrected chi connectivity index (χ3v) is 1.89. The van der Waals surface area contributed by atoms with Crippen molar-refractivity contribution in [1.82, 2.24) is 10.2 Å². The van der Waals surface area contributed by atoms with E-state index in [0.29, 0.717) is 18.9 Å². The normalized spacial score (nSPS) is 12.4. The average molecular weight is 228 g/mol. The Morgan fingerprint density at radius 1 is 1.50 bits per heavy atom. The van der Waals surface area contributed by atoms with Gasteiger partial charge in [-0.25, -0.2) is 4.79 Å². The van der Waals surface area contributed by atoms with Gasteiger partial charge in [0.25, 0.3) is 0 Å². The van der Waals surface area contributed by atoms with Crippen LogP contribution in [0.2, 0.25) is 0 Å². The summed E-state index contributed by atoms with van der Waals surface area (Å²) in [5.41, 5.74) is 0. The predicted molar refractivity (Wildman–Crippen MR) is 55.0 cm³/mol. The first kappa shape index (κ1) is 12.6. The molecule has 1 rings (SSSR count). The van der Waals surface area contributed by atoms with E-state index in [-0.39, 0.29) is 18.4 Å². The minimum atomic E-state index is -0.583. The van der Waals surface area contributed by atoms with Crippen LogP contribution in [0.3, 0.4) is 0 Å². The monoisotopic (exact) mass is 228 g/mol. The van der Waals surface area contributed by atoms with Crippen molar-refractivity contribution < 1.29 is 18.7 Å². The van der Waals surface area contributed by atoms with E-state index < -0.39 is 5.97 Å². The summed E-state index contributed by atoms with van der Waals surface area (Å²) in [5.74, 6) is 0.00945. The lowest BCUT2D eigenvalue weighted by Crippen LogP contribution is -2.07. The fourth-order valence-corrected chi connectivity index (χ4v) is 1.25. The van der Waals surface area contributed by atoms with Crippen LogP contribution < -0.4 is 0 Å². The first-order valence-electron chi connectivity index (χ1n) is 5.15. The number of carbonyl (C=O) groups is 1. The van der Waals surface area contributed by atoms with Gasteiger partial charge in [-0.05, 0) is 12.8 Å². The summed E-state index contributed by atoms with van der Waals surface area (Å²) < 4.78 is 14.9. The van der Waals surface area contributed by atoms with Gasteiger partial charge in [0.2, 0.25) is 5.89 Å². The van der Waals surface area contributed by atoms with Crippen LogP contribution in [0, 0.1) is 5.92 Å². The van der Waals surface area contributed by atoms with E-state index in [0.717, 1.165) is 0 Å². The summed E-state index contributed by atoms with van der Waals surface area (Å²) in [6.45, 7) is 4.61. The second-order valence-electron chi connectivity index (χ2n) is 3.49. The van der Waals surface area contributed by atoms with Crippen molar-refractivity contribution in [1.29, 1.82) is 0 Å². The van der Waals surface area contributed by atoms with Crippen LogP contribution in [-0.2, 0) is 15.9 Å². The standard InChI is InChI=1S/C10H16N2O4/c1-4-15-10(13)9-12-11-8(16-9)5-7(2)6-14-3/h7H,4-6H2,1-3H3. The fourth-order valence-electron chi connectivity index (χ4n) is 1.25. The van der Waals surface area contributed by atoms with Crippen molar-refractivity contribution in [2.45, 2.75) is 20.3 Å². The molecule has 0 saturated carbocycles. The third kappa shape index (κ3) is 3.62. The van der Waals surface area contributed by atoms with Crippen molar-refractivity contribution in [2.75, 3.05) is 20.3 Å². The molecular formula is C10H16N2O4. The molecule has 0 fully saturated rings. The molecule has 16 heavy (non-hydrogen) atoms. The molecule has 0 saturated heterocycles. The first-order valence-corrected chi connectivity index (χ1v) is 5.15. The SMILES string of the molecule is CCOC(=O)c1nnc(CC(C)COC)o1. The van der Waals surface area contributed by atoms with E-state index in [9.17, 15) is 4.79 Å². The van der Waals surface area contributed by atoms with Gasteiger partial charge in [0.05, 0.1) is 6.61 Å². The van der Waals surface area contributed by atoms with Crippen LogP contribution in [-0.4, -0.2) is 36.5 Å². The quantitative estimate of drug-likeness (QED) is 0.678. The molecule has 1 aromatic heterocycles. The van der Waals surface area contributed by atoms with E-state index >= 15 is 0 Å². The van der Waals surface area contributed by atoms with Crippen LogP contribution in [0.4, 0.5) is 0 Å². The molecule has 1 heterocycles. The Morgan fingerprint density at radius 3 is 2.88 bits per heavy atom. The molecule has 0 spiro atoms. The van der Waals surface area contributed by atoms with Gasteiger partial charge in [0, 0.05) is 20.1 Å². The summed E-state index contributed by atoms with van der Waals surface area (Å²) in [6, 6.07) is 0. The number of hydrogen-bond acceptors (Lipinski definition) is 6. The number of nitrogens with zero attached hydrogens (tertiary/aromatic N) is 2. The van der Waals surface area contributed by atoms with Crippen molar-refractivity contribution in [3.63, 3.8) is 0 Å². The topological polar surface area (TPSA) is 74.5 Å². The molecule has 1 atom stereocenters. The minimum absolute atomic E-state index is 0.0959. The molecule has 0 amide bonds. The molecule has 1 unspecified atom stereocenters. The minimum Gasteiger partial charge on any atom is -0.459 e. The zero-order valence-corrected chi connectivity index (χ0v) is 9.73. The van der Waals surface area contributed by atoms with Gasteiger partial charge in [-0.1, -0.05) is 6.92 Å². The number of carbonyl (C=O) groups excluding carboxylic acids is 1. The fraction of sp³-hybridized carbons (Fsp3) is 0.700. The number of aromatic nitrogens is 2. The van der Waals surface area contributed by atoms with E-state index in [1.165, 1.54) is 0 Å². The maximum absolute atomic E-state index is 11.2. The number of rotatable bonds is 6. The highest BCUT2D eigenvalue weighted by atomic mass is 16.5. The molecule has 0 aromatic carbocycles. The van der Waals surface area contributed by atoms with Gasteiger partial charge in [0.1, 0.15) is 0 Å². The van der Waals surface area contributed by atoms with Gasteiger partial charge in [0.15, 0.2) is 0 Å². The smallest absolute Gasteiger partial charge is 0.396 e. The molecule has 1 aromatic rings. The Hall–Kier alpha value is -1.43. The highest BCUT2D eigenvalue weighted by Crippen LogP contribution is 2.08. The van der Waals surface area contributed by atoms with Crippen LogP contribution in [0.15, 0.2) is 4.42 Å². The zero-order chi connectivity index (χ0) is 12.0. The highest BCUT2D eigenvalue weighted by molar-refractivity contribution is 5.83. The van der Waals surface area contributed by atoms with Gasteiger partial charge >= 0.3 is 11.9 Å². The maximum Gasteiger partial charge on any atom is 0.396 e. The Bertz CT molecular complexity index is 337. The zero-order valence-electron chi connectivity index (χ0n) is 9.73. The van der Waals surface area contributed by atoms with Crippen LogP contribution in [0.5, 0.6) is 0 Å². The van der Waals surface area contributed by atoms with Crippen molar-refractivity contribution in [3.05, 3.63) is 11.8 Å². The lowest BCUT2D eigenvalue weighted by molar-refractivity contribution is 0.0478. The lowest BCUT2D eigenvalue weighted by Gasteiger charge is -2.05. The van der Waals surface area contributed by atoms with Gasteiger partial charge in [-0.3, -0.25) is 0 Å². The molecule has 0 aliphatic heterocycles. The number of methoxy groups -OCH3 is 1. The van der Waals surface area contributed by atoms with E-state index in [1.807, 2.05) is 6.92 Å². The third-order valence-electron chi connectivity index (χ3n) is 1.89. The number of esters is 1. The number of hydrogen-bond donors (Lipinski definition) is 0. The molecule has 0 aliphatic rings. The van der Waals surface area contributed by atoms with Gasteiger partial charge in [-0.15, -0.1) is 10.2 Å². The summed E-state index contributed by atoms with van der Waals surface area (Å²) >= 11 is 0. The molecule has 6 heteroatoms. The van der Waals surface area contributed by atoms with E-state index in [4.69, 9.17) is 13.9 Å². The Kier molecular flexibility index (Phi) is 4.91. The van der Waals surface area contributed by atoms with E-state index in [1.54, 1.807) is 14.0 Å². The summed E-state index contributed by atoms with van der Waals surface area (Å²) in [5, 5.41) is 7.38. The second kappa shape index (κ2) is 6.22. The first-order chi connectivity index (χ1) is 7.67. The van der Waals surface area contributed by atoms with Gasteiger partial charge < -0.3 is 13.9 Å². The molecule has 0 aliphatic carbocycles. The average Bonchev–Trinajstić information content (AvgIpc) is 2.67. The van der Waals surface area contributed by atoms with Crippen LogP contribution in [0.25, 0.3) is 0 Å². The molecule has 0 N–H and O–H groups in total. The van der Waals surface area contributed by atoms with Crippen molar-refractivity contribution in [2.24, 2.45) is 5.92 Å². The molecule has 0 radical (unpaired) electrons. The second-order valence-corrected chi connectivity index (χ2v) is 3.49. The lowest BCUT2D eigenvalue weighted by atomic mass is 10.1. The number of ether oxygens (including phenoxy) is 2. The van der Waals surface area contributed by atoms with Crippen LogP contribution in [0.1, 0.15) is 30.4 Å². The van der Waals surface area contributed by atoms with Crippen molar-refractivity contribution >= 4 is 5.97 Å². The Morgan fingerprint density at radius 2 is 2.25 bits per heavy atom. The van der Waals surface area contributed by atoms with Gasteiger partial charge in [-0.2, -0.15) is 0 Å². The molecule has 90 valence electrons. The molecular weight excluding hydrogens is 212 g/mol. The Balaban J connectivity index is 2.54. The summed E-state index contributed by atoms with van der Waals surface area (Å²) in [6.07, 6.45) is 0.584. The largest absolute Gasteiger partial charge is 0.459 e. The van der Waals surface area contributed by atoms with E-state index in [2.05, 4.69) is 10.2 Å². The predicted octanol–water partition coefficient (Wildman–Crippen LogP) is 1.07. The molecule has 6 nitrogen and oxygen atoms in total.